The van der Waals surface area contributed by atoms with Gasteiger partial charge in [-0.05, 0) is 40.4 Å². The topological polar surface area (TPSA) is 46.2 Å². The lowest BCUT2D eigenvalue weighted by molar-refractivity contribution is 0.422. The number of nitrogens with two attached hydrogens (primary N) is 1. The molecule has 3 N–H and O–H groups in total. The van der Waals surface area contributed by atoms with Crippen LogP contribution in [0.4, 0.5) is 0 Å². The molecule has 21 heavy (non-hydrogen) atoms. The van der Waals surface area contributed by atoms with Gasteiger partial charge in [0.25, 0.3) is 0 Å². The highest BCUT2D eigenvalue weighted by Gasteiger charge is 2.26. The van der Waals surface area contributed by atoms with E-state index in [2.05, 4.69) is 67.5 Å². The van der Waals surface area contributed by atoms with E-state index in [0.29, 0.717) is 11.7 Å². The fourth-order valence-corrected chi connectivity index (χ4v) is 2.58. The Kier molecular flexibility index (Phi) is 5.15. The summed E-state index contributed by atoms with van der Waals surface area (Å²) in [7, 11) is 0. The first kappa shape index (κ1) is 18.0. The molecule has 0 unspecified atom stereocenters. The molecule has 0 amide bonds. The monoisotopic (exact) mass is 291 g/mol. The van der Waals surface area contributed by atoms with Crippen LogP contribution in [0.25, 0.3) is 0 Å². The summed E-state index contributed by atoms with van der Waals surface area (Å²) in [5.74, 6) is 0.888. The third-order valence-electron chi connectivity index (χ3n) is 3.94. The lowest BCUT2D eigenvalue weighted by Gasteiger charge is -2.29. The summed E-state index contributed by atoms with van der Waals surface area (Å²) in [5, 5.41) is 10.7. The van der Waals surface area contributed by atoms with E-state index in [1.807, 2.05) is 0 Å². The van der Waals surface area contributed by atoms with Gasteiger partial charge in [0.2, 0.25) is 0 Å². The van der Waals surface area contributed by atoms with Gasteiger partial charge in [0.15, 0.2) is 0 Å². The molecule has 0 aliphatic rings. The number of aromatic hydroxyl groups is 1. The molecule has 0 aliphatic heterocycles. The van der Waals surface area contributed by atoms with E-state index in [1.165, 1.54) is 5.56 Å². The molecule has 0 saturated heterocycles. The Labute approximate surface area is 130 Å². The maximum Gasteiger partial charge on any atom is 0.124 e. The highest BCUT2D eigenvalue weighted by molar-refractivity contribution is 5.49. The molecule has 1 aromatic rings. The van der Waals surface area contributed by atoms with Crippen molar-refractivity contribution in [1.82, 2.24) is 0 Å². The first-order chi connectivity index (χ1) is 9.34. The van der Waals surface area contributed by atoms with Crippen molar-refractivity contribution >= 4 is 0 Å². The molecular weight excluding hydrogens is 258 g/mol. The predicted molar refractivity (Wildman–Crippen MR) is 91.9 cm³/mol. The van der Waals surface area contributed by atoms with Crippen LogP contribution in [0.1, 0.15) is 84.5 Å². The first-order valence-electron chi connectivity index (χ1n) is 7.97. The Morgan fingerprint density at radius 2 is 1.52 bits per heavy atom. The van der Waals surface area contributed by atoms with Crippen molar-refractivity contribution in [2.75, 3.05) is 0 Å². The van der Waals surface area contributed by atoms with Crippen LogP contribution in [0.3, 0.4) is 0 Å². The van der Waals surface area contributed by atoms with E-state index in [4.69, 9.17) is 5.73 Å². The van der Waals surface area contributed by atoms with Gasteiger partial charge in [0.05, 0.1) is 0 Å². The second kappa shape index (κ2) is 6.00. The van der Waals surface area contributed by atoms with Gasteiger partial charge in [0.1, 0.15) is 5.75 Å². The molecule has 0 spiro atoms. The van der Waals surface area contributed by atoms with Crippen molar-refractivity contribution in [3.05, 3.63) is 28.8 Å². The van der Waals surface area contributed by atoms with E-state index < -0.39 is 0 Å². The summed E-state index contributed by atoms with van der Waals surface area (Å²) < 4.78 is 0. The average Bonchev–Trinajstić information content (AvgIpc) is 2.24. The standard InChI is InChI=1S/C19H33NO/c1-12(2)9-16(20)14-10-13(18(3,4)5)11-15(17(14)21)19(6,7)8/h10-12,16,21H,9,20H2,1-8H3/t16-/m1/s1. The van der Waals surface area contributed by atoms with Crippen molar-refractivity contribution in [3.63, 3.8) is 0 Å². The van der Waals surface area contributed by atoms with Gasteiger partial charge in [-0.3, -0.25) is 0 Å². The van der Waals surface area contributed by atoms with Gasteiger partial charge in [-0.2, -0.15) is 0 Å². The summed E-state index contributed by atoms with van der Waals surface area (Å²) >= 11 is 0. The first-order valence-corrected chi connectivity index (χ1v) is 7.97. The van der Waals surface area contributed by atoms with Crippen LogP contribution >= 0.6 is 0 Å². The molecule has 1 rings (SSSR count). The number of phenolic OH excluding ortho intramolecular Hbond substituents is 1. The van der Waals surface area contributed by atoms with Gasteiger partial charge in [-0.15, -0.1) is 0 Å². The fraction of sp³-hybridized carbons (Fsp3) is 0.684. The number of rotatable bonds is 3. The van der Waals surface area contributed by atoms with Crippen molar-refractivity contribution in [3.8, 4) is 5.75 Å². The van der Waals surface area contributed by atoms with Crippen LogP contribution in [-0.4, -0.2) is 5.11 Å². The number of hydrogen-bond acceptors (Lipinski definition) is 2. The maximum absolute atomic E-state index is 10.7. The molecule has 0 aromatic heterocycles. The van der Waals surface area contributed by atoms with Crippen molar-refractivity contribution in [2.24, 2.45) is 11.7 Å². The molecule has 1 atom stereocenters. The Morgan fingerprint density at radius 1 is 1.00 bits per heavy atom. The van der Waals surface area contributed by atoms with Crippen LogP contribution in [0.5, 0.6) is 5.75 Å². The van der Waals surface area contributed by atoms with E-state index in [9.17, 15) is 5.11 Å². The zero-order valence-electron chi connectivity index (χ0n) is 15.0. The SMILES string of the molecule is CC(C)C[C@@H](N)c1cc(C(C)(C)C)cc(C(C)(C)C)c1O. The molecule has 120 valence electrons. The van der Waals surface area contributed by atoms with Crippen molar-refractivity contribution in [1.29, 1.82) is 0 Å². The highest BCUT2D eigenvalue weighted by Crippen LogP contribution is 2.40. The Hall–Kier alpha value is -1.02. The largest absolute Gasteiger partial charge is 0.507 e. The van der Waals surface area contributed by atoms with Crippen LogP contribution in [0.15, 0.2) is 12.1 Å². The zero-order valence-corrected chi connectivity index (χ0v) is 15.0. The Bertz CT molecular complexity index is 490. The fourth-order valence-electron chi connectivity index (χ4n) is 2.58. The quantitative estimate of drug-likeness (QED) is 0.820. The van der Waals surface area contributed by atoms with E-state index >= 15 is 0 Å². The molecule has 2 nitrogen and oxygen atoms in total. The third-order valence-corrected chi connectivity index (χ3v) is 3.94. The van der Waals surface area contributed by atoms with Crippen LogP contribution in [-0.2, 0) is 10.8 Å². The lowest BCUT2D eigenvalue weighted by atomic mass is 9.77. The van der Waals surface area contributed by atoms with E-state index in [0.717, 1.165) is 17.5 Å². The minimum absolute atomic E-state index is 0.0417. The van der Waals surface area contributed by atoms with E-state index in [-0.39, 0.29) is 16.9 Å². The van der Waals surface area contributed by atoms with Gasteiger partial charge in [0, 0.05) is 11.6 Å². The molecule has 0 fully saturated rings. The molecule has 2 heteroatoms. The second-order valence-corrected chi connectivity index (χ2v) is 8.70. The smallest absolute Gasteiger partial charge is 0.124 e. The highest BCUT2D eigenvalue weighted by atomic mass is 16.3. The third kappa shape index (κ3) is 4.47. The normalized spacial score (nSPS) is 14.6. The second-order valence-electron chi connectivity index (χ2n) is 8.70. The van der Waals surface area contributed by atoms with E-state index in [1.54, 1.807) is 0 Å². The number of phenols is 1. The van der Waals surface area contributed by atoms with Gasteiger partial charge in [-0.25, -0.2) is 0 Å². The minimum atomic E-state index is -0.117. The molecule has 0 heterocycles. The Balaban J connectivity index is 3.49. The van der Waals surface area contributed by atoms with Crippen LogP contribution in [0.2, 0.25) is 0 Å². The average molecular weight is 291 g/mol. The maximum atomic E-state index is 10.7. The Morgan fingerprint density at radius 3 is 1.90 bits per heavy atom. The molecular formula is C19H33NO. The van der Waals surface area contributed by atoms with Gasteiger partial charge >= 0.3 is 0 Å². The summed E-state index contributed by atoms with van der Waals surface area (Å²) in [6, 6.07) is 4.12. The summed E-state index contributed by atoms with van der Waals surface area (Å²) in [6.45, 7) is 17.3. The zero-order chi connectivity index (χ0) is 16.6. The molecule has 1 aromatic carbocycles. The minimum Gasteiger partial charge on any atom is -0.507 e. The molecule has 0 aliphatic carbocycles. The van der Waals surface area contributed by atoms with Gasteiger partial charge < -0.3 is 10.8 Å². The van der Waals surface area contributed by atoms with Crippen LogP contribution in [0, 0.1) is 5.92 Å². The summed E-state index contributed by atoms with van der Waals surface area (Å²) in [6.07, 6.45) is 0.880. The van der Waals surface area contributed by atoms with Crippen LogP contribution < -0.4 is 5.73 Å². The summed E-state index contributed by atoms with van der Waals surface area (Å²) in [5.41, 5.74) is 9.42. The van der Waals surface area contributed by atoms with Gasteiger partial charge in [-0.1, -0.05) is 61.5 Å². The number of benzene rings is 1. The molecule has 0 saturated carbocycles. The van der Waals surface area contributed by atoms with Crippen molar-refractivity contribution in [2.45, 2.75) is 78.7 Å². The number of hydrogen-bond donors (Lipinski definition) is 2. The molecule has 0 bridgehead atoms. The lowest BCUT2D eigenvalue weighted by Crippen LogP contribution is -2.20. The predicted octanol–water partition coefficient (Wildman–Crippen LogP) is 5.03. The van der Waals surface area contributed by atoms with Crippen molar-refractivity contribution < 1.29 is 5.11 Å². The molecule has 0 radical (unpaired) electrons. The summed E-state index contributed by atoms with van der Waals surface area (Å²) in [4.78, 5) is 0.